The molecule has 0 N–H and O–H groups in total. The Morgan fingerprint density at radius 2 is 1.78 bits per heavy atom. The van der Waals surface area contributed by atoms with Crippen molar-refractivity contribution in [1.29, 1.82) is 5.26 Å². The third-order valence-electron chi connectivity index (χ3n) is 4.71. The summed E-state index contributed by atoms with van der Waals surface area (Å²) < 4.78 is 5.40. The summed E-state index contributed by atoms with van der Waals surface area (Å²) in [6.07, 6.45) is 1.14. The normalized spacial score (nSPS) is 14.4. The predicted molar refractivity (Wildman–Crippen MR) is 101 cm³/mol. The van der Waals surface area contributed by atoms with E-state index in [0.29, 0.717) is 47.6 Å². The molecule has 0 aromatic heterocycles. The van der Waals surface area contributed by atoms with Crippen LogP contribution in [0.1, 0.15) is 34.3 Å². The van der Waals surface area contributed by atoms with Gasteiger partial charge in [0.05, 0.1) is 17.6 Å². The molecule has 5 nitrogen and oxygen atoms in total. The lowest BCUT2D eigenvalue weighted by Crippen LogP contribution is -2.40. The summed E-state index contributed by atoms with van der Waals surface area (Å²) in [7, 11) is 0. The van der Waals surface area contributed by atoms with E-state index in [2.05, 4.69) is 6.07 Å². The molecule has 0 spiro atoms. The molecule has 1 aliphatic rings. The second-order valence-corrected chi connectivity index (χ2v) is 6.89. The van der Waals surface area contributed by atoms with E-state index >= 15 is 0 Å². The summed E-state index contributed by atoms with van der Waals surface area (Å²) in [4.78, 5) is 26.6. The first-order valence-electron chi connectivity index (χ1n) is 8.78. The zero-order valence-corrected chi connectivity index (χ0v) is 15.5. The number of hydrogen-bond donors (Lipinski definition) is 0. The maximum atomic E-state index is 12.5. The number of carbonyl (C=O) groups is 2. The average molecular weight is 383 g/mol. The molecule has 3 rings (SSSR count). The molecule has 0 radical (unpaired) electrons. The highest BCUT2D eigenvalue weighted by Crippen LogP contribution is 2.22. The first kappa shape index (κ1) is 18.9. The van der Waals surface area contributed by atoms with Gasteiger partial charge in [0.25, 0.3) is 5.91 Å². The topological polar surface area (TPSA) is 70.4 Å². The van der Waals surface area contributed by atoms with Crippen LogP contribution >= 0.6 is 11.6 Å². The summed E-state index contributed by atoms with van der Waals surface area (Å²) in [5.41, 5.74) is 1.80. The Balaban J connectivity index is 1.51. The molecule has 0 aliphatic carbocycles. The number of likely N-dealkylation sites (tertiary alicyclic amines) is 1. The monoisotopic (exact) mass is 382 g/mol. The summed E-state index contributed by atoms with van der Waals surface area (Å²) >= 11 is 5.86. The minimum Gasteiger partial charge on any atom is -0.461 e. The first-order valence-corrected chi connectivity index (χ1v) is 9.16. The molecule has 2 aromatic rings. The number of rotatable bonds is 4. The number of nitrogens with zero attached hydrogens (tertiary/aromatic N) is 2. The van der Waals surface area contributed by atoms with E-state index in [1.54, 1.807) is 47.4 Å². The number of nitriles is 1. The maximum absolute atomic E-state index is 12.5. The fourth-order valence-electron chi connectivity index (χ4n) is 3.12. The summed E-state index contributed by atoms with van der Waals surface area (Å²) in [5, 5.41) is 9.68. The Hall–Kier alpha value is -2.84. The number of ether oxygens (including phenoxy) is 1. The van der Waals surface area contributed by atoms with Crippen LogP contribution in [-0.2, 0) is 16.1 Å². The first-order chi connectivity index (χ1) is 13.1. The van der Waals surface area contributed by atoms with Gasteiger partial charge in [-0.15, -0.1) is 0 Å². The minimum atomic E-state index is -0.277. The van der Waals surface area contributed by atoms with Crippen LogP contribution in [0.5, 0.6) is 0 Å². The average Bonchev–Trinajstić information content (AvgIpc) is 2.72. The molecule has 2 aromatic carbocycles. The summed E-state index contributed by atoms with van der Waals surface area (Å²) in [5.74, 6) is -0.559. The standard InChI is InChI=1S/C21H19ClN2O3/c22-19-7-5-15(6-8-19)20(25)24-11-9-16(10-12-24)21(26)27-14-18-4-2-1-3-17(18)13-23/h1-8,16H,9-12,14H2. The Kier molecular flexibility index (Phi) is 6.10. The highest BCUT2D eigenvalue weighted by atomic mass is 35.5. The van der Waals surface area contributed by atoms with E-state index in [0.717, 1.165) is 0 Å². The van der Waals surface area contributed by atoms with Crippen molar-refractivity contribution < 1.29 is 14.3 Å². The Morgan fingerprint density at radius 1 is 1.11 bits per heavy atom. The number of halogens is 1. The number of amides is 1. The molecule has 0 bridgehead atoms. The molecule has 1 fully saturated rings. The Morgan fingerprint density at radius 3 is 2.44 bits per heavy atom. The van der Waals surface area contributed by atoms with Crippen molar-refractivity contribution in [3.8, 4) is 6.07 Å². The van der Waals surface area contributed by atoms with Gasteiger partial charge in [-0.1, -0.05) is 29.8 Å². The van der Waals surface area contributed by atoms with Crippen LogP contribution in [0.4, 0.5) is 0 Å². The fraction of sp³-hybridized carbons (Fsp3) is 0.286. The van der Waals surface area contributed by atoms with E-state index in [1.807, 2.05) is 6.07 Å². The zero-order valence-electron chi connectivity index (χ0n) is 14.7. The van der Waals surface area contributed by atoms with Gasteiger partial charge in [0.2, 0.25) is 0 Å². The van der Waals surface area contributed by atoms with Crippen LogP contribution in [0.3, 0.4) is 0 Å². The lowest BCUT2D eigenvalue weighted by Gasteiger charge is -2.31. The molecule has 1 saturated heterocycles. The largest absolute Gasteiger partial charge is 0.461 e. The van der Waals surface area contributed by atoms with Crippen LogP contribution in [-0.4, -0.2) is 29.9 Å². The third kappa shape index (κ3) is 4.66. The van der Waals surface area contributed by atoms with E-state index in [1.165, 1.54) is 0 Å². The molecule has 0 unspecified atom stereocenters. The zero-order chi connectivity index (χ0) is 19.2. The predicted octanol–water partition coefficient (Wildman–Crippen LogP) is 3.81. The van der Waals surface area contributed by atoms with Gasteiger partial charge < -0.3 is 9.64 Å². The van der Waals surface area contributed by atoms with Crippen molar-refractivity contribution in [1.82, 2.24) is 4.90 Å². The Bertz CT molecular complexity index is 866. The lowest BCUT2D eigenvalue weighted by atomic mass is 9.96. The van der Waals surface area contributed by atoms with Crippen LogP contribution < -0.4 is 0 Å². The van der Waals surface area contributed by atoms with Crippen LogP contribution in [0.15, 0.2) is 48.5 Å². The van der Waals surface area contributed by atoms with Gasteiger partial charge in [-0.2, -0.15) is 5.26 Å². The van der Waals surface area contributed by atoms with Gasteiger partial charge in [0.15, 0.2) is 0 Å². The number of esters is 1. The molecule has 6 heteroatoms. The third-order valence-corrected chi connectivity index (χ3v) is 4.97. The van der Waals surface area contributed by atoms with Gasteiger partial charge in [-0.3, -0.25) is 9.59 Å². The lowest BCUT2D eigenvalue weighted by molar-refractivity contribution is -0.151. The van der Waals surface area contributed by atoms with Crippen molar-refractivity contribution >= 4 is 23.5 Å². The van der Waals surface area contributed by atoms with Crippen molar-refractivity contribution in [3.05, 3.63) is 70.2 Å². The van der Waals surface area contributed by atoms with Crippen LogP contribution in [0.25, 0.3) is 0 Å². The highest BCUT2D eigenvalue weighted by molar-refractivity contribution is 6.30. The molecule has 0 atom stereocenters. The number of piperidine rings is 1. The van der Waals surface area contributed by atoms with Gasteiger partial charge in [-0.05, 0) is 43.2 Å². The SMILES string of the molecule is N#Cc1ccccc1COC(=O)C1CCN(C(=O)c2ccc(Cl)cc2)CC1. The van der Waals surface area contributed by atoms with Gasteiger partial charge in [0.1, 0.15) is 6.61 Å². The van der Waals surface area contributed by atoms with Crippen LogP contribution in [0.2, 0.25) is 5.02 Å². The van der Waals surface area contributed by atoms with E-state index in [9.17, 15) is 9.59 Å². The maximum Gasteiger partial charge on any atom is 0.309 e. The molecule has 0 saturated carbocycles. The van der Waals surface area contributed by atoms with E-state index < -0.39 is 0 Å². The minimum absolute atomic E-state index is 0.0542. The molecule has 1 amide bonds. The van der Waals surface area contributed by atoms with Crippen molar-refractivity contribution in [2.24, 2.45) is 5.92 Å². The molecule has 27 heavy (non-hydrogen) atoms. The molecule has 1 heterocycles. The van der Waals surface area contributed by atoms with E-state index in [-0.39, 0.29) is 24.4 Å². The molecular weight excluding hydrogens is 364 g/mol. The van der Waals surface area contributed by atoms with Gasteiger partial charge in [-0.25, -0.2) is 0 Å². The number of carbonyl (C=O) groups excluding carboxylic acids is 2. The molecule has 1 aliphatic heterocycles. The molecule has 138 valence electrons. The second kappa shape index (κ2) is 8.70. The van der Waals surface area contributed by atoms with Gasteiger partial charge >= 0.3 is 5.97 Å². The smallest absolute Gasteiger partial charge is 0.309 e. The number of benzene rings is 2. The Labute approximate surface area is 163 Å². The quantitative estimate of drug-likeness (QED) is 0.754. The van der Waals surface area contributed by atoms with Crippen LogP contribution in [0, 0.1) is 17.2 Å². The second-order valence-electron chi connectivity index (χ2n) is 6.45. The summed E-state index contributed by atoms with van der Waals surface area (Å²) in [6, 6.07) is 16.0. The van der Waals surface area contributed by atoms with Gasteiger partial charge in [0, 0.05) is 29.2 Å². The van der Waals surface area contributed by atoms with Crippen molar-refractivity contribution in [2.75, 3.05) is 13.1 Å². The number of hydrogen-bond acceptors (Lipinski definition) is 4. The molecular formula is C21H19ClN2O3. The van der Waals surface area contributed by atoms with E-state index in [4.69, 9.17) is 21.6 Å². The fourth-order valence-corrected chi connectivity index (χ4v) is 3.24. The van der Waals surface area contributed by atoms with Crippen molar-refractivity contribution in [3.63, 3.8) is 0 Å². The summed E-state index contributed by atoms with van der Waals surface area (Å²) in [6.45, 7) is 1.11. The highest BCUT2D eigenvalue weighted by Gasteiger charge is 2.29. The van der Waals surface area contributed by atoms with Crippen molar-refractivity contribution in [2.45, 2.75) is 19.4 Å².